The first-order valence-corrected chi connectivity index (χ1v) is 9.34. The second kappa shape index (κ2) is 8.57. The van der Waals surface area contributed by atoms with E-state index in [0.29, 0.717) is 0 Å². The summed E-state index contributed by atoms with van der Waals surface area (Å²) in [4.78, 5) is 0. The molecule has 0 saturated heterocycles. The van der Waals surface area contributed by atoms with E-state index in [1.165, 1.54) is 64.2 Å². The predicted molar refractivity (Wildman–Crippen MR) is 92.3 cm³/mol. The molecule has 0 radical (unpaired) electrons. The molecule has 0 unspecified atom stereocenters. The molecule has 0 aromatic heterocycles. The minimum atomic E-state index is 0.743. The zero-order valence-corrected chi connectivity index (χ0v) is 13.8. The van der Waals surface area contributed by atoms with Crippen molar-refractivity contribution in [2.24, 2.45) is 5.92 Å². The molecule has 2 aliphatic rings. The highest BCUT2D eigenvalue weighted by Crippen LogP contribution is 2.27. The van der Waals surface area contributed by atoms with E-state index in [9.17, 15) is 0 Å². The Morgan fingerprint density at radius 1 is 0.773 bits per heavy atom. The van der Waals surface area contributed by atoms with Gasteiger partial charge in [0, 0.05) is 12.1 Å². The molecule has 3 rings (SSSR count). The summed E-state index contributed by atoms with van der Waals surface area (Å²) in [5.41, 5.74) is 0. The lowest BCUT2D eigenvalue weighted by atomic mass is 9.86. The van der Waals surface area contributed by atoms with E-state index >= 15 is 0 Å². The smallest absolute Gasteiger partial charge is 0.119 e. The summed E-state index contributed by atoms with van der Waals surface area (Å²) in [6.45, 7) is 0.889. The van der Waals surface area contributed by atoms with Crippen molar-refractivity contribution in [3.05, 3.63) is 30.3 Å². The molecule has 0 heterocycles. The van der Waals surface area contributed by atoms with Gasteiger partial charge in [-0.2, -0.15) is 0 Å². The average molecular weight is 301 g/mol. The lowest BCUT2D eigenvalue weighted by Crippen LogP contribution is -2.40. The maximum atomic E-state index is 5.93. The number of ether oxygens (including phenoxy) is 1. The van der Waals surface area contributed by atoms with Crippen molar-refractivity contribution < 1.29 is 4.74 Å². The molecule has 1 aromatic rings. The van der Waals surface area contributed by atoms with Crippen LogP contribution in [0.4, 0.5) is 0 Å². The summed E-state index contributed by atoms with van der Waals surface area (Å²) in [5.74, 6) is 1.76. The Labute approximate surface area is 135 Å². The maximum absolute atomic E-state index is 5.93. The van der Waals surface area contributed by atoms with E-state index in [4.69, 9.17) is 4.74 Å². The largest absolute Gasteiger partial charge is 0.493 e. The molecule has 2 heteroatoms. The molecular formula is C20H31NO. The van der Waals surface area contributed by atoms with Crippen molar-refractivity contribution in [3.8, 4) is 5.75 Å². The average Bonchev–Trinajstić information content (AvgIpc) is 2.84. The number of rotatable bonds is 5. The van der Waals surface area contributed by atoms with E-state index in [0.717, 1.165) is 30.4 Å². The molecule has 2 saturated carbocycles. The van der Waals surface area contributed by atoms with E-state index in [1.54, 1.807) is 0 Å². The van der Waals surface area contributed by atoms with Gasteiger partial charge in [-0.1, -0.05) is 43.9 Å². The molecule has 0 aliphatic heterocycles. The van der Waals surface area contributed by atoms with Gasteiger partial charge in [0.25, 0.3) is 0 Å². The van der Waals surface area contributed by atoms with Gasteiger partial charge in [0.05, 0.1) is 6.61 Å². The van der Waals surface area contributed by atoms with Crippen LogP contribution in [0, 0.1) is 5.92 Å². The molecule has 0 atom stereocenters. The van der Waals surface area contributed by atoms with Crippen LogP contribution in [0.5, 0.6) is 5.75 Å². The molecule has 2 aliphatic carbocycles. The Morgan fingerprint density at radius 2 is 1.41 bits per heavy atom. The fourth-order valence-corrected chi connectivity index (χ4v) is 4.01. The third kappa shape index (κ3) is 5.01. The van der Waals surface area contributed by atoms with Crippen LogP contribution in [0.3, 0.4) is 0 Å². The van der Waals surface area contributed by atoms with Crippen LogP contribution in [0.2, 0.25) is 0 Å². The Morgan fingerprint density at radius 3 is 2.09 bits per heavy atom. The van der Waals surface area contributed by atoms with Crippen molar-refractivity contribution in [1.29, 1.82) is 0 Å². The molecule has 0 bridgehead atoms. The fraction of sp³-hybridized carbons (Fsp3) is 0.700. The Kier molecular flexibility index (Phi) is 6.18. The van der Waals surface area contributed by atoms with Gasteiger partial charge in [0.15, 0.2) is 0 Å². The molecule has 122 valence electrons. The van der Waals surface area contributed by atoms with Crippen LogP contribution < -0.4 is 10.1 Å². The van der Waals surface area contributed by atoms with Crippen molar-refractivity contribution in [3.63, 3.8) is 0 Å². The molecule has 1 N–H and O–H groups in total. The number of hydrogen-bond acceptors (Lipinski definition) is 2. The highest BCUT2D eigenvalue weighted by Gasteiger charge is 2.24. The minimum Gasteiger partial charge on any atom is -0.493 e. The van der Waals surface area contributed by atoms with Gasteiger partial charge >= 0.3 is 0 Å². The van der Waals surface area contributed by atoms with E-state index in [2.05, 4.69) is 17.4 Å². The van der Waals surface area contributed by atoms with Crippen LogP contribution in [0.25, 0.3) is 0 Å². The first kappa shape index (κ1) is 15.9. The van der Waals surface area contributed by atoms with Gasteiger partial charge in [-0.15, -0.1) is 0 Å². The molecule has 1 aromatic carbocycles. The third-order valence-corrected chi connectivity index (χ3v) is 5.40. The first-order chi connectivity index (χ1) is 10.9. The van der Waals surface area contributed by atoms with Crippen LogP contribution in [0.15, 0.2) is 30.3 Å². The van der Waals surface area contributed by atoms with Crippen molar-refractivity contribution in [1.82, 2.24) is 5.32 Å². The topological polar surface area (TPSA) is 21.3 Å². The van der Waals surface area contributed by atoms with Gasteiger partial charge in [-0.05, 0) is 56.6 Å². The highest BCUT2D eigenvalue weighted by molar-refractivity contribution is 5.20. The van der Waals surface area contributed by atoms with Crippen molar-refractivity contribution >= 4 is 0 Å². The summed E-state index contributed by atoms with van der Waals surface area (Å²) in [6.07, 6.45) is 13.8. The third-order valence-electron chi connectivity index (χ3n) is 5.40. The lowest BCUT2D eigenvalue weighted by Gasteiger charge is -2.32. The monoisotopic (exact) mass is 301 g/mol. The second-order valence-electron chi connectivity index (χ2n) is 7.20. The Balaban J connectivity index is 1.35. The maximum Gasteiger partial charge on any atom is 0.119 e. The Bertz CT molecular complexity index is 403. The van der Waals surface area contributed by atoms with Crippen molar-refractivity contribution in [2.75, 3.05) is 6.61 Å². The van der Waals surface area contributed by atoms with Gasteiger partial charge in [-0.3, -0.25) is 0 Å². The molecule has 0 spiro atoms. The Hall–Kier alpha value is -1.02. The molecule has 2 fully saturated rings. The van der Waals surface area contributed by atoms with Gasteiger partial charge in [-0.25, -0.2) is 0 Å². The zero-order chi connectivity index (χ0) is 15.0. The van der Waals surface area contributed by atoms with Gasteiger partial charge in [0.1, 0.15) is 5.75 Å². The SMILES string of the molecule is c1ccc(OC[C@H]2CC[C@H](NC3CCCCCC3)CC2)cc1. The van der Waals surface area contributed by atoms with Crippen LogP contribution in [-0.2, 0) is 0 Å². The summed E-state index contributed by atoms with van der Waals surface area (Å²) >= 11 is 0. The normalized spacial score (nSPS) is 27.3. The number of benzene rings is 1. The van der Waals surface area contributed by atoms with Crippen LogP contribution >= 0.6 is 0 Å². The molecular weight excluding hydrogens is 270 g/mol. The molecule has 22 heavy (non-hydrogen) atoms. The summed E-state index contributed by atoms with van der Waals surface area (Å²) in [7, 11) is 0. The van der Waals surface area contributed by atoms with Gasteiger partial charge in [0.2, 0.25) is 0 Å². The van der Waals surface area contributed by atoms with Crippen LogP contribution in [0.1, 0.15) is 64.2 Å². The molecule has 0 amide bonds. The van der Waals surface area contributed by atoms with E-state index in [-0.39, 0.29) is 0 Å². The van der Waals surface area contributed by atoms with Gasteiger partial charge < -0.3 is 10.1 Å². The molecule has 2 nitrogen and oxygen atoms in total. The standard InChI is InChI=1S/C20H31NO/c1-2-5-9-18(8-4-1)21-19-14-12-17(13-15-19)16-22-20-10-6-3-7-11-20/h3,6-7,10-11,17-19,21H,1-2,4-5,8-9,12-16H2/t17-,19-. The number of nitrogens with one attached hydrogen (secondary N) is 1. The quantitative estimate of drug-likeness (QED) is 0.778. The number of para-hydroxylation sites is 1. The van der Waals surface area contributed by atoms with E-state index < -0.39 is 0 Å². The summed E-state index contributed by atoms with van der Waals surface area (Å²) in [5, 5.41) is 3.95. The minimum absolute atomic E-state index is 0.743. The summed E-state index contributed by atoms with van der Waals surface area (Å²) in [6, 6.07) is 11.8. The summed E-state index contributed by atoms with van der Waals surface area (Å²) < 4.78 is 5.93. The predicted octanol–water partition coefficient (Wildman–Crippen LogP) is 4.94. The first-order valence-electron chi connectivity index (χ1n) is 9.34. The van der Waals surface area contributed by atoms with Crippen LogP contribution in [-0.4, -0.2) is 18.7 Å². The number of hydrogen-bond donors (Lipinski definition) is 1. The highest BCUT2D eigenvalue weighted by atomic mass is 16.5. The van der Waals surface area contributed by atoms with Crippen molar-refractivity contribution in [2.45, 2.75) is 76.3 Å². The second-order valence-corrected chi connectivity index (χ2v) is 7.20. The van der Waals surface area contributed by atoms with E-state index in [1.807, 2.05) is 18.2 Å². The fourth-order valence-electron chi connectivity index (χ4n) is 4.01. The lowest BCUT2D eigenvalue weighted by molar-refractivity contribution is 0.185. The zero-order valence-electron chi connectivity index (χ0n) is 13.8.